The maximum Gasteiger partial charge on any atom is 0.322 e. The monoisotopic (exact) mass is 431 g/mol. The van der Waals surface area contributed by atoms with Gasteiger partial charge >= 0.3 is 6.03 Å². The van der Waals surface area contributed by atoms with Crippen LogP contribution in [0.1, 0.15) is 16.7 Å². The Hall–Kier alpha value is -3.75. The molecule has 0 saturated carbocycles. The number of benzene rings is 3. The molecule has 0 aliphatic heterocycles. The molecule has 156 valence electrons. The Morgan fingerprint density at radius 1 is 1.06 bits per heavy atom. The topological polar surface area (TPSA) is 65.4 Å². The van der Waals surface area contributed by atoms with Gasteiger partial charge in [-0.2, -0.15) is 5.26 Å². The normalized spacial score (nSPS) is 12.2. The van der Waals surface area contributed by atoms with Crippen LogP contribution < -0.4 is 15.0 Å². The summed E-state index contributed by atoms with van der Waals surface area (Å²) < 4.78 is 5.27. The highest BCUT2D eigenvalue weighted by atomic mass is 35.5. The van der Waals surface area contributed by atoms with Crippen LogP contribution in [-0.4, -0.2) is 20.2 Å². The number of halogens is 1. The number of methoxy groups -OCH3 is 1. The lowest BCUT2D eigenvalue weighted by Crippen LogP contribution is -2.52. The van der Waals surface area contributed by atoms with Gasteiger partial charge in [-0.15, -0.1) is 6.58 Å². The quantitative estimate of drug-likeness (QED) is 0.524. The van der Waals surface area contributed by atoms with Crippen LogP contribution in [0.15, 0.2) is 85.5 Å². The molecule has 0 unspecified atom stereocenters. The van der Waals surface area contributed by atoms with Crippen molar-refractivity contribution in [3.05, 3.63) is 107 Å². The van der Waals surface area contributed by atoms with Crippen LogP contribution in [0.25, 0.3) is 0 Å². The summed E-state index contributed by atoms with van der Waals surface area (Å²) in [7, 11) is 3.16. The van der Waals surface area contributed by atoms with Crippen molar-refractivity contribution >= 4 is 23.3 Å². The van der Waals surface area contributed by atoms with Crippen molar-refractivity contribution in [2.75, 3.05) is 19.1 Å². The first-order valence-corrected chi connectivity index (χ1v) is 9.94. The average molecular weight is 432 g/mol. The lowest BCUT2D eigenvalue weighted by molar-refractivity contribution is 0.244. The molecule has 3 rings (SSSR count). The predicted octanol–water partition coefficient (Wildman–Crippen LogP) is 5.50. The summed E-state index contributed by atoms with van der Waals surface area (Å²) in [6, 6.07) is 23.4. The molecule has 0 aromatic heterocycles. The molecule has 2 amide bonds. The molecule has 0 radical (unpaired) electrons. The minimum Gasteiger partial charge on any atom is -0.497 e. The highest BCUT2D eigenvalue weighted by molar-refractivity contribution is 6.30. The van der Waals surface area contributed by atoms with Crippen LogP contribution in [0.3, 0.4) is 0 Å². The summed E-state index contributed by atoms with van der Waals surface area (Å²) in [5.74, 6) is 0.676. The first-order valence-electron chi connectivity index (χ1n) is 9.56. The van der Waals surface area contributed by atoms with E-state index >= 15 is 0 Å². The van der Waals surface area contributed by atoms with Gasteiger partial charge in [-0.25, -0.2) is 4.79 Å². The van der Waals surface area contributed by atoms with Crippen LogP contribution in [0.2, 0.25) is 5.02 Å². The molecule has 31 heavy (non-hydrogen) atoms. The summed E-state index contributed by atoms with van der Waals surface area (Å²) in [6.07, 6.45) is 1.72. The van der Waals surface area contributed by atoms with Gasteiger partial charge < -0.3 is 10.1 Å². The zero-order valence-corrected chi connectivity index (χ0v) is 18.1. The molecule has 0 fully saturated rings. The summed E-state index contributed by atoms with van der Waals surface area (Å²) in [6.45, 7) is 4.10. The minimum atomic E-state index is -1.08. The van der Waals surface area contributed by atoms with Crippen LogP contribution in [0.5, 0.6) is 5.75 Å². The molecule has 0 heterocycles. The smallest absolute Gasteiger partial charge is 0.322 e. The van der Waals surface area contributed by atoms with E-state index in [0.717, 1.165) is 11.1 Å². The Morgan fingerprint density at radius 3 is 2.06 bits per heavy atom. The van der Waals surface area contributed by atoms with Crippen molar-refractivity contribution in [2.45, 2.75) is 5.54 Å². The summed E-state index contributed by atoms with van der Waals surface area (Å²) in [5.41, 5.74) is 1.64. The number of urea groups is 1. The lowest BCUT2D eigenvalue weighted by Gasteiger charge is -2.42. The van der Waals surface area contributed by atoms with E-state index in [1.54, 1.807) is 61.5 Å². The number of carbonyl (C=O) groups is 1. The fourth-order valence-corrected chi connectivity index (χ4v) is 3.70. The number of amides is 2. The molecule has 0 saturated heterocycles. The minimum absolute atomic E-state index is 0.329. The van der Waals surface area contributed by atoms with E-state index in [1.165, 1.54) is 0 Å². The SMILES string of the molecule is C=C[C@@](c1ccc(Cl)cc1)(c1ccc(C#N)cc1)N(C(=O)NC)c1ccc(OC)cc1. The number of nitrogens with zero attached hydrogens (tertiary/aromatic N) is 2. The summed E-state index contributed by atoms with van der Waals surface area (Å²) >= 11 is 6.14. The number of carbonyl (C=O) groups excluding carboxylic acids is 1. The number of rotatable bonds is 6. The second-order valence-electron chi connectivity index (χ2n) is 6.76. The molecule has 0 aliphatic carbocycles. The maximum absolute atomic E-state index is 13.3. The van der Waals surface area contributed by atoms with Gasteiger partial charge in [0.25, 0.3) is 0 Å². The van der Waals surface area contributed by atoms with Gasteiger partial charge in [-0.1, -0.05) is 41.9 Å². The Kier molecular flexibility index (Phi) is 6.64. The van der Waals surface area contributed by atoms with E-state index in [1.807, 2.05) is 36.4 Å². The van der Waals surface area contributed by atoms with Gasteiger partial charge in [0.05, 0.1) is 18.7 Å². The van der Waals surface area contributed by atoms with Crippen molar-refractivity contribution in [3.8, 4) is 11.8 Å². The van der Waals surface area contributed by atoms with Crippen molar-refractivity contribution in [1.82, 2.24) is 5.32 Å². The molecule has 1 atom stereocenters. The fourth-order valence-electron chi connectivity index (χ4n) is 3.58. The first-order chi connectivity index (χ1) is 15.0. The molecule has 0 aliphatic rings. The number of nitrogens with one attached hydrogen (secondary N) is 1. The van der Waals surface area contributed by atoms with Crippen molar-refractivity contribution in [2.24, 2.45) is 0 Å². The molecule has 3 aromatic carbocycles. The first kappa shape index (κ1) is 21.9. The third kappa shape index (κ3) is 4.11. The number of ether oxygens (including phenoxy) is 1. The lowest BCUT2D eigenvalue weighted by atomic mass is 9.80. The molecule has 6 heteroatoms. The van der Waals surface area contributed by atoms with Gasteiger partial charge in [-0.3, -0.25) is 4.90 Å². The van der Waals surface area contributed by atoms with Crippen LogP contribution in [0.4, 0.5) is 10.5 Å². The number of hydrogen-bond acceptors (Lipinski definition) is 3. The molecule has 1 N–H and O–H groups in total. The largest absolute Gasteiger partial charge is 0.497 e. The van der Waals surface area contributed by atoms with Crippen LogP contribution >= 0.6 is 11.6 Å². The Labute approximate surface area is 187 Å². The van der Waals surface area contributed by atoms with E-state index < -0.39 is 5.54 Å². The summed E-state index contributed by atoms with van der Waals surface area (Å²) in [4.78, 5) is 14.9. The number of anilines is 1. The standard InChI is InChI=1S/C25H22ClN3O2/c1-4-25(20-9-11-21(26)12-10-20,19-7-5-18(17-27)6-8-19)29(24(30)28-2)22-13-15-23(31-3)16-14-22/h4-16H,1H2,2-3H3,(H,28,30)/t25-/m0/s1. The summed E-state index contributed by atoms with van der Waals surface area (Å²) in [5, 5.41) is 12.5. The Bertz CT molecular complexity index is 1100. The highest BCUT2D eigenvalue weighted by Gasteiger charge is 2.41. The molecule has 5 nitrogen and oxygen atoms in total. The Balaban J connectivity index is 2.33. The molecular weight excluding hydrogens is 410 g/mol. The van der Waals surface area contributed by atoms with Crippen LogP contribution in [-0.2, 0) is 5.54 Å². The van der Waals surface area contributed by atoms with Crippen molar-refractivity contribution in [3.63, 3.8) is 0 Å². The zero-order chi connectivity index (χ0) is 22.4. The van der Waals surface area contributed by atoms with Gasteiger partial charge in [0.15, 0.2) is 0 Å². The molecule has 0 bridgehead atoms. The van der Waals surface area contributed by atoms with Gasteiger partial charge in [0, 0.05) is 17.8 Å². The highest BCUT2D eigenvalue weighted by Crippen LogP contribution is 2.41. The fraction of sp³-hybridized carbons (Fsp3) is 0.120. The third-order valence-electron chi connectivity index (χ3n) is 5.13. The average Bonchev–Trinajstić information content (AvgIpc) is 2.83. The van der Waals surface area contributed by atoms with E-state index in [0.29, 0.717) is 22.0 Å². The number of nitriles is 1. The van der Waals surface area contributed by atoms with Crippen molar-refractivity contribution < 1.29 is 9.53 Å². The predicted molar refractivity (Wildman–Crippen MR) is 124 cm³/mol. The van der Waals surface area contributed by atoms with Gasteiger partial charge in [0.2, 0.25) is 0 Å². The third-order valence-corrected chi connectivity index (χ3v) is 5.39. The maximum atomic E-state index is 13.3. The van der Waals surface area contributed by atoms with Crippen LogP contribution in [0, 0.1) is 11.3 Å². The van der Waals surface area contributed by atoms with E-state index in [4.69, 9.17) is 16.3 Å². The van der Waals surface area contributed by atoms with E-state index in [9.17, 15) is 10.1 Å². The van der Waals surface area contributed by atoms with Gasteiger partial charge in [0.1, 0.15) is 11.3 Å². The molecule has 0 spiro atoms. The molecular formula is C25H22ClN3O2. The van der Waals surface area contributed by atoms with E-state index in [2.05, 4.69) is 18.0 Å². The van der Waals surface area contributed by atoms with Gasteiger partial charge in [-0.05, 0) is 59.7 Å². The second-order valence-corrected chi connectivity index (χ2v) is 7.19. The van der Waals surface area contributed by atoms with Crippen molar-refractivity contribution in [1.29, 1.82) is 5.26 Å². The number of hydrogen-bond donors (Lipinski definition) is 1. The second kappa shape index (κ2) is 9.38. The molecule has 3 aromatic rings. The zero-order valence-electron chi connectivity index (χ0n) is 17.3. The van der Waals surface area contributed by atoms with E-state index in [-0.39, 0.29) is 6.03 Å². The Morgan fingerprint density at radius 2 is 1.61 bits per heavy atom.